The number of esters is 2. The summed E-state index contributed by atoms with van der Waals surface area (Å²) in [6.45, 7) is 3.40. The molecule has 0 fully saturated rings. The van der Waals surface area contributed by atoms with E-state index in [1.807, 2.05) is 0 Å². The zero-order chi connectivity index (χ0) is 26.1. The van der Waals surface area contributed by atoms with Gasteiger partial charge in [-0.15, -0.1) is 0 Å². The lowest BCUT2D eigenvalue weighted by molar-refractivity contribution is -0.145. The van der Waals surface area contributed by atoms with Crippen molar-refractivity contribution in [2.75, 3.05) is 26.9 Å². The maximum Gasteiger partial charge on any atom is 0.344 e. The van der Waals surface area contributed by atoms with Gasteiger partial charge in [-0.25, -0.2) is 14.6 Å². The number of aliphatic imine (C=N–C) groups is 1. The second-order valence-corrected chi connectivity index (χ2v) is 8.18. The molecule has 3 rings (SSSR count). The molecular weight excluding hydrogens is 486 g/mol. The second-order valence-electron chi connectivity index (χ2n) is 7.15. The SMILES string of the molecule is CCOC(=O)COc1ccc(/C=C2\SC(=NC(=O)c3ccccc3)C(C(=O)OCC)=C2O)cc1OC. The monoisotopic (exact) mass is 511 g/mol. The zero-order valence-corrected chi connectivity index (χ0v) is 20.8. The fourth-order valence-corrected chi connectivity index (χ4v) is 4.13. The van der Waals surface area contributed by atoms with E-state index >= 15 is 0 Å². The number of nitrogens with zero attached hydrogens (tertiary/aromatic N) is 1. The molecule has 1 aliphatic heterocycles. The molecule has 9 nitrogen and oxygen atoms in total. The molecule has 0 aliphatic carbocycles. The van der Waals surface area contributed by atoms with Crippen LogP contribution in [0.3, 0.4) is 0 Å². The molecule has 0 unspecified atom stereocenters. The number of rotatable bonds is 9. The van der Waals surface area contributed by atoms with Crippen LogP contribution >= 0.6 is 11.8 Å². The molecule has 0 saturated carbocycles. The Balaban J connectivity index is 1.92. The van der Waals surface area contributed by atoms with Gasteiger partial charge in [0.15, 0.2) is 18.1 Å². The fourth-order valence-electron chi connectivity index (χ4n) is 3.11. The van der Waals surface area contributed by atoms with Crippen LogP contribution in [0.1, 0.15) is 29.8 Å². The number of hydrogen-bond donors (Lipinski definition) is 1. The molecule has 0 bridgehead atoms. The Morgan fingerprint density at radius 2 is 1.72 bits per heavy atom. The molecule has 2 aromatic carbocycles. The van der Waals surface area contributed by atoms with Gasteiger partial charge in [0.25, 0.3) is 5.91 Å². The first-order valence-electron chi connectivity index (χ1n) is 11.0. The van der Waals surface area contributed by atoms with Gasteiger partial charge in [0.2, 0.25) is 0 Å². The summed E-state index contributed by atoms with van der Waals surface area (Å²) >= 11 is 0.968. The number of thioether (sulfide) groups is 1. The zero-order valence-electron chi connectivity index (χ0n) is 20.0. The van der Waals surface area contributed by atoms with E-state index in [0.29, 0.717) is 27.5 Å². The van der Waals surface area contributed by atoms with Crippen molar-refractivity contribution in [3.8, 4) is 11.5 Å². The lowest BCUT2D eigenvalue weighted by Crippen LogP contribution is -2.14. The quantitative estimate of drug-likeness (QED) is 0.490. The summed E-state index contributed by atoms with van der Waals surface area (Å²) in [7, 11) is 1.45. The third-order valence-electron chi connectivity index (χ3n) is 4.73. The van der Waals surface area contributed by atoms with Crippen molar-refractivity contribution in [2.45, 2.75) is 13.8 Å². The lowest BCUT2D eigenvalue weighted by atomic mass is 10.1. The minimum atomic E-state index is -0.786. The molecule has 0 saturated heterocycles. The number of benzene rings is 2. The first-order chi connectivity index (χ1) is 17.4. The average Bonchev–Trinajstić information content (AvgIpc) is 3.18. The van der Waals surface area contributed by atoms with Crippen LogP contribution in [0.2, 0.25) is 0 Å². The number of carbonyl (C=O) groups is 3. The van der Waals surface area contributed by atoms with Gasteiger partial charge in [-0.05, 0) is 49.8 Å². The molecule has 0 radical (unpaired) electrons. The van der Waals surface area contributed by atoms with Gasteiger partial charge in [-0.1, -0.05) is 36.0 Å². The Morgan fingerprint density at radius 3 is 2.39 bits per heavy atom. The largest absolute Gasteiger partial charge is 0.506 e. The molecule has 2 aromatic rings. The molecule has 36 heavy (non-hydrogen) atoms. The fraction of sp³-hybridized carbons (Fsp3) is 0.231. The van der Waals surface area contributed by atoms with Crippen LogP contribution in [0.5, 0.6) is 11.5 Å². The summed E-state index contributed by atoms with van der Waals surface area (Å²) in [5.41, 5.74) is 0.760. The van der Waals surface area contributed by atoms with Crippen molar-refractivity contribution >= 4 is 40.7 Å². The third kappa shape index (κ3) is 6.54. The van der Waals surface area contributed by atoms with Gasteiger partial charge in [0.05, 0.1) is 25.2 Å². The highest BCUT2D eigenvalue weighted by atomic mass is 32.2. The molecule has 10 heteroatoms. The predicted molar refractivity (Wildman–Crippen MR) is 135 cm³/mol. The topological polar surface area (TPSA) is 121 Å². The molecular formula is C26H25NO8S. The Hall–Kier alpha value is -4.05. The summed E-state index contributed by atoms with van der Waals surface area (Å²) in [6.07, 6.45) is 1.60. The van der Waals surface area contributed by atoms with Crippen LogP contribution in [0.25, 0.3) is 6.08 Å². The standard InChI is InChI=1S/C26H25NO8S/c1-4-33-21(28)15-35-18-12-11-16(13-19(18)32-3)14-20-23(29)22(26(31)34-5-2)25(36-20)27-24(30)17-9-7-6-8-10-17/h6-14,29H,4-5,15H2,1-3H3/b20-14-,27-25?. The number of ether oxygens (including phenoxy) is 4. The van der Waals surface area contributed by atoms with E-state index in [4.69, 9.17) is 18.9 Å². The molecule has 1 heterocycles. The van der Waals surface area contributed by atoms with Gasteiger partial charge < -0.3 is 24.1 Å². The second kappa shape index (κ2) is 12.6. The Morgan fingerprint density at radius 1 is 1.00 bits per heavy atom. The van der Waals surface area contributed by atoms with Crippen molar-refractivity contribution in [1.82, 2.24) is 0 Å². The van der Waals surface area contributed by atoms with Crippen LogP contribution in [0, 0.1) is 0 Å². The van der Waals surface area contributed by atoms with Crippen LogP contribution in [-0.4, -0.2) is 54.9 Å². The maximum atomic E-state index is 12.6. The van der Waals surface area contributed by atoms with Gasteiger partial charge >= 0.3 is 11.9 Å². The third-order valence-corrected chi connectivity index (χ3v) is 5.75. The lowest BCUT2D eigenvalue weighted by Gasteiger charge is -2.11. The van der Waals surface area contributed by atoms with Crippen molar-refractivity contribution in [1.29, 1.82) is 0 Å². The highest BCUT2D eigenvalue weighted by Crippen LogP contribution is 2.40. The number of aliphatic hydroxyl groups excluding tert-OH is 1. The normalized spacial score (nSPS) is 15.2. The van der Waals surface area contributed by atoms with Gasteiger partial charge in [-0.3, -0.25) is 4.79 Å². The first-order valence-corrected chi connectivity index (χ1v) is 11.8. The number of carbonyl (C=O) groups excluding carboxylic acids is 3. The number of methoxy groups -OCH3 is 1. The molecule has 0 spiro atoms. The van der Waals surface area contributed by atoms with Gasteiger partial charge in [0, 0.05) is 5.56 Å². The highest BCUT2D eigenvalue weighted by molar-refractivity contribution is 8.18. The summed E-state index contributed by atoms with van der Waals surface area (Å²) in [5, 5.41) is 10.9. The minimum Gasteiger partial charge on any atom is -0.506 e. The van der Waals surface area contributed by atoms with E-state index in [9.17, 15) is 19.5 Å². The maximum absolute atomic E-state index is 12.6. The van der Waals surface area contributed by atoms with Gasteiger partial charge in [-0.2, -0.15) is 0 Å². The van der Waals surface area contributed by atoms with E-state index in [0.717, 1.165) is 11.8 Å². The summed E-state index contributed by atoms with van der Waals surface area (Å²) in [5.74, 6) is -1.52. The predicted octanol–water partition coefficient (Wildman–Crippen LogP) is 4.34. The molecule has 0 atom stereocenters. The summed E-state index contributed by atoms with van der Waals surface area (Å²) in [6, 6.07) is 13.3. The number of aliphatic hydroxyl groups is 1. The first kappa shape index (κ1) is 26.6. The Kier molecular flexibility index (Phi) is 9.29. The molecule has 0 aromatic heterocycles. The molecule has 188 valence electrons. The molecule has 1 aliphatic rings. The Labute approximate surface area is 212 Å². The average molecular weight is 512 g/mol. The van der Waals surface area contributed by atoms with Crippen molar-refractivity contribution < 1.29 is 38.4 Å². The van der Waals surface area contributed by atoms with Crippen LogP contribution in [-0.2, 0) is 19.1 Å². The number of amides is 1. The van der Waals surface area contributed by atoms with Crippen LogP contribution in [0.4, 0.5) is 0 Å². The van der Waals surface area contributed by atoms with Gasteiger partial charge in [0.1, 0.15) is 16.4 Å². The van der Waals surface area contributed by atoms with E-state index in [-0.39, 0.29) is 36.2 Å². The van der Waals surface area contributed by atoms with Crippen LogP contribution < -0.4 is 9.47 Å². The summed E-state index contributed by atoms with van der Waals surface area (Å²) in [4.78, 5) is 41.1. The Bertz CT molecular complexity index is 1230. The minimum absolute atomic E-state index is 0.0346. The van der Waals surface area contributed by atoms with E-state index in [2.05, 4.69) is 4.99 Å². The van der Waals surface area contributed by atoms with Crippen molar-refractivity contribution in [2.24, 2.45) is 4.99 Å². The van der Waals surface area contributed by atoms with Crippen molar-refractivity contribution in [3.05, 3.63) is 75.9 Å². The van der Waals surface area contributed by atoms with Crippen molar-refractivity contribution in [3.63, 3.8) is 0 Å². The summed E-state index contributed by atoms with van der Waals surface area (Å²) < 4.78 is 20.7. The van der Waals surface area contributed by atoms with E-state index in [1.54, 1.807) is 68.5 Å². The van der Waals surface area contributed by atoms with E-state index in [1.165, 1.54) is 7.11 Å². The smallest absolute Gasteiger partial charge is 0.344 e. The molecule has 1 amide bonds. The van der Waals surface area contributed by atoms with Crippen LogP contribution in [0.15, 0.2) is 69.8 Å². The number of hydrogen-bond acceptors (Lipinski definition) is 9. The molecule has 1 N–H and O–H groups in total. The van der Waals surface area contributed by atoms with E-state index < -0.39 is 17.8 Å². The highest BCUT2D eigenvalue weighted by Gasteiger charge is 2.34.